The first-order valence-electron chi connectivity index (χ1n) is 9.43. The maximum absolute atomic E-state index is 12.3. The second kappa shape index (κ2) is 15.7. The molecule has 11 heteroatoms. The van der Waals surface area contributed by atoms with Crippen molar-refractivity contribution in [1.29, 1.82) is 0 Å². The van der Waals surface area contributed by atoms with Gasteiger partial charge in [0, 0.05) is 24.9 Å². The Morgan fingerprint density at radius 3 is 2.47 bits per heavy atom. The van der Waals surface area contributed by atoms with Crippen LogP contribution in [0.2, 0.25) is 0 Å². The Morgan fingerprint density at radius 2 is 1.80 bits per heavy atom. The molecule has 0 spiro atoms. The van der Waals surface area contributed by atoms with Crippen molar-refractivity contribution in [2.24, 2.45) is 5.11 Å². The predicted octanol–water partition coefficient (Wildman–Crippen LogP) is 1.08. The summed E-state index contributed by atoms with van der Waals surface area (Å²) in [4.78, 5) is 38.3. The van der Waals surface area contributed by atoms with Crippen LogP contribution in [0, 0.1) is 0 Å². The first kappa shape index (κ1) is 24.9. The van der Waals surface area contributed by atoms with Crippen LogP contribution in [-0.2, 0) is 35.2 Å². The largest absolute Gasteiger partial charge is 0.461 e. The number of ether oxygens (including phenoxy) is 3. The molecule has 0 radical (unpaired) electrons. The van der Waals surface area contributed by atoms with Gasteiger partial charge in [-0.2, -0.15) is 0 Å². The summed E-state index contributed by atoms with van der Waals surface area (Å²) in [5, 5.41) is 8.38. The molecule has 0 heterocycles. The highest BCUT2D eigenvalue weighted by Crippen LogP contribution is 2.03. The molecule has 0 aliphatic carbocycles. The molecule has 1 aromatic carbocycles. The molecule has 164 valence electrons. The average molecular weight is 421 g/mol. The minimum absolute atomic E-state index is 0.0901. The normalized spacial score (nSPS) is 11.1. The van der Waals surface area contributed by atoms with Crippen LogP contribution < -0.4 is 10.6 Å². The van der Waals surface area contributed by atoms with E-state index in [4.69, 9.17) is 19.7 Å². The molecule has 1 aromatic rings. The van der Waals surface area contributed by atoms with E-state index in [0.717, 1.165) is 5.56 Å². The number of benzene rings is 1. The van der Waals surface area contributed by atoms with E-state index in [1.165, 1.54) is 6.92 Å². The van der Waals surface area contributed by atoms with Crippen molar-refractivity contribution in [1.82, 2.24) is 10.6 Å². The van der Waals surface area contributed by atoms with E-state index in [0.29, 0.717) is 19.8 Å². The lowest BCUT2D eigenvalue weighted by molar-refractivity contribution is -0.147. The van der Waals surface area contributed by atoms with E-state index in [-0.39, 0.29) is 32.7 Å². The minimum Gasteiger partial charge on any atom is -0.461 e. The number of carbonyl (C=O) groups is 3. The summed E-state index contributed by atoms with van der Waals surface area (Å²) in [5.41, 5.74) is 8.94. The van der Waals surface area contributed by atoms with Gasteiger partial charge in [0.05, 0.1) is 32.8 Å². The summed E-state index contributed by atoms with van der Waals surface area (Å²) in [7, 11) is 0. The van der Waals surface area contributed by atoms with Gasteiger partial charge in [0.15, 0.2) is 0 Å². The predicted molar refractivity (Wildman–Crippen MR) is 107 cm³/mol. The van der Waals surface area contributed by atoms with E-state index in [9.17, 15) is 14.4 Å². The topological polar surface area (TPSA) is 152 Å². The second-order valence-corrected chi connectivity index (χ2v) is 6.07. The van der Waals surface area contributed by atoms with Gasteiger partial charge in [-0.15, -0.1) is 0 Å². The number of rotatable bonds is 15. The third-order valence-electron chi connectivity index (χ3n) is 3.62. The van der Waals surface area contributed by atoms with E-state index < -0.39 is 23.8 Å². The Hall–Kier alpha value is -3.14. The zero-order valence-electron chi connectivity index (χ0n) is 16.9. The van der Waals surface area contributed by atoms with Gasteiger partial charge in [-0.3, -0.25) is 14.4 Å². The molecule has 1 rings (SSSR count). The molecule has 2 amide bonds. The van der Waals surface area contributed by atoms with Gasteiger partial charge in [-0.1, -0.05) is 35.4 Å². The monoisotopic (exact) mass is 421 g/mol. The van der Waals surface area contributed by atoms with Crippen molar-refractivity contribution >= 4 is 17.8 Å². The molecule has 0 fully saturated rings. The average Bonchev–Trinajstić information content (AvgIpc) is 2.73. The fourth-order valence-corrected chi connectivity index (χ4v) is 2.26. The number of azide groups is 1. The number of carbonyl (C=O) groups excluding carboxylic acids is 3. The van der Waals surface area contributed by atoms with Gasteiger partial charge in [0.2, 0.25) is 11.8 Å². The molecular weight excluding hydrogens is 394 g/mol. The van der Waals surface area contributed by atoms with E-state index in [2.05, 4.69) is 20.7 Å². The highest BCUT2D eigenvalue weighted by Gasteiger charge is 2.23. The molecule has 30 heavy (non-hydrogen) atoms. The summed E-state index contributed by atoms with van der Waals surface area (Å²) in [6.07, 6.45) is -0.280. The summed E-state index contributed by atoms with van der Waals surface area (Å²) >= 11 is 0. The Morgan fingerprint density at radius 1 is 1.10 bits per heavy atom. The van der Waals surface area contributed by atoms with E-state index in [1.54, 1.807) is 0 Å². The molecule has 0 saturated carbocycles. The van der Waals surface area contributed by atoms with E-state index in [1.807, 2.05) is 30.3 Å². The number of hydrogen-bond donors (Lipinski definition) is 2. The maximum atomic E-state index is 12.3. The van der Waals surface area contributed by atoms with Crippen LogP contribution in [-0.4, -0.2) is 63.3 Å². The van der Waals surface area contributed by atoms with Gasteiger partial charge >= 0.3 is 5.97 Å². The molecular formula is C19H27N5O6. The molecule has 0 saturated heterocycles. The zero-order chi connectivity index (χ0) is 22.0. The first-order valence-corrected chi connectivity index (χ1v) is 9.43. The number of hydrogen-bond acceptors (Lipinski definition) is 7. The van der Waals surface area contributed by atoms with Crippen LogP contribution in [0.15, 0.2) is 35.4 Å². The van der Waals surface area contributed by atoms with Gasteiger partial charge in [0.25, 0.3) is 0 Å². The highest BCUT2D eigenvalue weighted by molar-refractivity contribution is 5.90. The van der Waals surface area contributed by atoms with Crippen LogP contribution in [0.5, 0.6) is 0 Å². The van der Waals surface area contributed by atoms with Crippen molar-refractivity contribution in [3.05, 3.63) is 46.3 Å². The van der Waals surface area contributed by atoms with Crippen molar-refractivity contribution in [3.8, 4) is 0 Å². The minimum atomic E-state index is -1.03. The molecule has 0 unspecified atom stereocenters. The first-order chi connectivity index (χ1) is 14.5. The quantitative estimate of drug-likeness (QED) is 0.142. The van der Waals surface area contributed by atoms with Crippen LogP contribution in [0.1, 0.15) is 18.9 Å². The molecule has 0 aliphatic heterocycles. The Kier molecular flexibility index (Phi) is 13.1. The molecule has 2 N–H and O–H groups in total. The lowest BCUT2D eigenvalue weighted by Gasteiger charge is -2.17. The molecule has 0 aromatic heterocycles. The third kappa shape index (κ3) is 12.3. The zero-order valence-corrected chi connectivity index (χ0v) is 16.9. The van der Waals surface area contributed by atoms with Gasteiger partial charge < -0.3 is 24.8 Å². The summed E-state index contributed by atoms with van der Waals surface area (Å²) in [5.74, 6) is -1.53. The Bertz CT molecular complexity index is 709. The van der Waals surface area contributed by atoms with Gasteiger partial charge in [-0.05, 0) is 11.1 Å². The summed E-state index contributed by atoms with van der Waals surface area (Å²) in [6, 6.07) is 8.11. The number of nitrogens with one attached hydrogen (secondary N) is 2. The number of esters is 1. The lowest BCUT2D eigenvalue weighted by Crippen LogP contribution is -2.48. The van der Waals surface area contributed by atoms with Crippen molar-refractivity contribution in [3.63, 3.8) is 0 Å². The summed E-state index contributed by atoms with van der Waals surface area (Å²) < 4.78 is 15.6. The van der Waals surface area contributed by atoms with Crippen molar-refractivity contribution in [2.45, 2.75) is 26.0 Å². The fourth-order valence-electron chi connectivity index (χ4n) is 2.26. The second-order valence-electron chi connectivity index (χ2n) is 6.07. The van der Waals surface area contributed by atoms with Crippen molar-refractivity contribution in [2.75, 3.05) is 39.5 Å². The SMILES string of the molecule is CC(=O)N[C@@H](CC(=O)OCc1ccccc1)C(=O)NCCOCCOCCN=[N+]=[N-]. The van der Waals surface area contributed by atoms with Crippen LogP contribution in [0.4, 0.5) is 0 Å². The van der Waals surface area contributed by atoms with Crippen molar-refractivity contribution < 1.29 is 28.6 Å². The van der Waals surface area contributed by atoms with Gasteiger partial charge in [0.1, 0.15) is 12.6 Å². The number of amides is 2. The Balaban J connectivity index is 2.27. The lowest BCUT2D eigenvalue weighted by atomic mass is 10.2. The smallest absolute Gasteiger partial charge is 0.308 e. The van der Waals surface area contributed by atoms with E-state index >= 15 is 0 Å². The van der Waals surface area contributed by atoms with Crippen LogP contribution in [0.25, 0.3) is 10.4 Å². The molecule has 1 atom stereocenters. The number of nitrogens with zero attached hydrogens (tertiary/aromatic N) is 3. The fraction of sp³-hybridized carbons (Fsp3) is 0.526. The molecule has 11 nitrogen and oxygen atoms in total. The molecule has 0 bridgehead atoms. The van der Waals surface area contributed by atoms with Gasteiger partial charge in [-0.25, -0.2) is 0 Å². The summed E-state index contributed by atoms with van der Waals surface area (Å²) in [6.45, 7) is 2.99. The maximum Gasteiger partial charge on any atom is 0.308 e. The third-order valence-corrected chi connectivity index (χ3v) is 3.62. The highest BCUT2D eigenvalue weighted by atomic mass is 16.5. The molecule has 0 aliphatic rings. The van der Waals surface area contributed by atoms with Crippen LogP contribution in [0.3, 0.4) is 0 Å². The standard InChI is InChI=1S/C19H27N5O6/c1-15(25)23-17(13-18(26)30-14-16-5-3-2-4-6-16)19(27)21-7-9-28-11-12-29-10-8-22-24-20/h2-6,17H,7-14H2,1H3,(H,21,27)(H,23,25)/t17-/m0/s1. The Labute approximate surface area is 174 Å². The van der Waals surface area contributed by atoms with Crippen LogP contribution >= 0.6 is 0 Å².